The Kier molecular flexibility index (Phi) is 25.2. The molecular weight excluding hydrogens is 885 g/mol. The summed E-state index contributed by atoms with van der Waals surface area (Å²) in [4.78, 5) is 59.0. The summed E-state index contributed by atoms with van der Waals surface area (Å²) in [5.74, 6) is -1.45. The molecule has 14 heteroatoms. The quantitative estimate of drug-likeness (QED) is 0.0293. The molecule has 2 aromatic rings. The molecule has 0 aromatic carbocycles. The van der Waals surface area contributed by atoms with Crippen LogP contribution in [0.5, 0.6) is 0 Å². The van der Waals surface area contributed by atoms with Crippen molar-refractivity contribution in [2.75, 3.05) is 26.3 Å². The average Bonchev–Trinajstić information content (AvgIpc) is 4.03. The van der Waals surface area contributed by atoms with E-state index < -0.39 is 11.9 Å². The number of nitrogens with zero attached hydrogens (tertiary/aromatic N) is 2. The number of ether oxygens (including phenoxy) is 2. The monoisotopic (exact) mass is 956 g/mol. The van der Waals surface area contributed by atoms with Crippen LogP contribution in [-0.2, 0) is 19.1 Å². The van der Waals surface area contributed by atoms with Gasteiger partial charge in [0.25, 0.3) is 11.8 Å². The summed E-state index contributed by atoms with van der Waals surface area (Å²) in [6, 6.07) is 3.01. The zero-order chi connectivity index (χ0) is 46.1. The summed E-state index contributed by atoms with van der Waals surface area (Å²) in [7, 11) is 0. The molecule has 10 nitrogen and oxygen atoms in total. The Bertz CT molecular complexity index is 1760. The number of hydrogen-bond acceptors (Lipinski definition) is 12. The van der Waals surface area contributed by atoms with Gasteiger partial charge < -0.3 is 18.3 Å². The van der Waals surface area contributed by atoms with Gasteiger partial charge in [0.1, 0.15) is 31.3 Å². The third-order valence-electron chi connectivity index (χ3n) is 11.4. The Labute approximate surface area is 401 Å². The highest BCUT2D eigenvalue weighted by Crippen LogP contribution is 2.39. The van der Waals surface area contributed by atoms with E-state index in [0.29, 0.717) is 44.4 Å². The fourth-order valence-corrected chi connectivity index (χ4v) is 10.2. The van der Waals surface area contributed by atoms with Crippen LogP contribution in [0.15, 0.2) is 30.8 Å². The Balaban J connectivity index is 1.61. The number of carbonyl (C=O) groups excluding carboxylic acids is 4. The smallest absolute Gasteiger partial charge is 0.342 e. The van der Waals surface area contributed by atoms with Crippen LogP contribution < -0.4 is 0 Å². The Morgan fingerprint density at radius 3 is 1.17 bits per heavy atom. The normalized spacial score (nSPS) is 15.5. The van der Waals surface area contributed by atoms with Crippen molar-refractivity contribution in [3.8, 4) is 11.5 Å². The summed E-state index contributed by atoms with van der Waals surface area (Å²) in [6.45, 7) is 10.1. The molecule has 0 unspecified atom stereocenters. The van der Waals surface area contributed by atoms with Gasteiger partial charge in [0.2, 0.25) is 0 Å². The molecule has 0 N–H and O–H groups in total. The highest BCUT2D eigenvalue weighted by atomic mass is 32.2. The number of amides is 2. The lowest BCUT2D eigenvalue weighted by molar-refractivity contribution is -0.123. The largest absolute Gasteiger partial charge is 0.462 e. The van der Waals surface area contributed by atoms with Crippen LogP contribution in [-0.4, -0.2) is 68.5 Å². The first kappa shape index (κ1) is 53.4. The second-order valence-electron chi connectivity index (χ2n) is 16.8. The second kappa shape index (κ2) is 30.2. The van der Waals surface area contributed by atoms with E-state index in [1.54, 1.807) is 22.0 Å². The highest BCUT2D eigenvalue weighted by molar-refractivity contribution is 8.27. The third-order valence-corrected chi connectivity index (χ3v) is 14.1. The van der Waals surface area contributed by atoms with Gasteiger partial charge in [-0.05, 0) is 37.8 Å². The average molecular weight is 957 g/mol. The molecule has 354 valence electrons. The molecule has 4 heterocycles. The van der Waals surface area contributed by atoms with Gasteiger partial charge in [0.05, 0.1) is 23.0 Å². The van der Waals surface area contributed by atoms with E-state index in [1.165, 1.54) is 99.9 Å². The lowest BCUT2D eigenvalue weighted by Gasteiger charge is -2.14. The van der Waals surface area contributed by atoms with Crippen molar-refractivity contribution in [1.82, 2.24) is 9.80 Å². The fourth-order valence-electron chi connectivity index (χ4n) is 7.60. The van der Waals surface area contributed by atoms with E-state index in [9.17, 15) is 19.2 Å². The molecule has 0 saturated carbocycles. The number of thioether (sulfide) groups is 2. The first-order valence-electron chi connectivity index (χ1n) is 24.3. The van der Waals surface area contributed by atoms with Crippen LogP contribution in [0.25, 0.3) is 23.7 Å². The number of unbranched alkanes of at least 4 members (excludes halogenated alkanes) is 20. The van der Waals surface area contributed by atoms with Crippen molar-refractivity contribution in [2.45, 2.75) is 182 Å². The Morgan fingerprint density at radius 1 is 0.516 bits per heavy atom. The molecule has 4 rings (SSSR count). The van der Waals surface area contributed by atoms with Crippen molar-refractivity contribution in [3.63, 3.8) is 0 Å². The number of rotatable bonds is 33. The lowest BCUT2D eigenvalue weighted by atomic mass is 10.1. The first-order chi connectivity index (χ1) is 31.1. The molecule has 0 atom stereocenters. The SMILES string of the molecule is CCCCCCCCCCN1C(=O)/C(=C/c2cc(C(=O)OCCCCCC)c(-c3oc(/C=C4\SC(=S)N(CCCCCCCCCC)C4=O)cc3C(=O)OCCCCCC)o2)SC1=S. The molecule has 2 amide bonds. The number of furan rings is 2. The standard InChI is InChI=1S/C50H72N2O8S4/c1-5-9-13-17-19-21-23-25-29-51-45(53)41(63-49(51)61)35-37-33-39(47(55)57-31-27-15-11-7-3)43(59-37)44-40(48(56)58-32-28-16-12-8-4)34-38(60-44)36-42-46(54)52(50(62)64-42)30-26-24-22-20-18-14-10-6-2/h33-36H,5-32H2,1-4H3/b41-35-,42-36-. The van der Waals surface area contributed by atoms with E-state index in [1.807, 2.05) is 0 Å². The van der Waals surface area contributed by atoms with Crippen molar-refractivity contribution in [1.29, 1.82) is 0 Å². The van der Waals surface area contributed by atoms with E-state index >= 15 is 0 Å². The highest BCUT2D eigenvalue weighted by Gasteiger charge is 2.35. The summed E-state index contributed by atoms with van der Waals surface area (Å²) in [6.07, 6.45) is 28.9. The Morgan fingerprint density at radius 2 is 0.828 bits per heavy atom. The molecule has 2 saturated heterocycles. The van der Waals surface area contributed by atoms with Gasteiger partial charge in [-0.3, -0.25) is 19.4 Å². The predicted octanol–water partition coefficient (Wildman–Crippen LogP) is 14.7. The minimum absolute atomic E-state index is 0.0331. The molecule has 2 aliphatic heterocycles. The van der Waals surface area contributed by atoms with Crippen LogP contribution in [0.2, 0.25) is 0 Å². The van der Waals surface area contributed by atoms with Crippen LogP contribution in [0.1, 0.15) is 214 Å². The number of thiocarbonyl (C=S) groups is 2. The molecule has 64 heavy (non-hydrogen) atoms. The maximum atomic E-state index is 13.8. The van der Waals surface area contributed by atoms with Gasteiger partial charge in [-0.2, -0.15) is 0 Å². The van der Waals surface area contributed by atoms with Gasteiger partial charge in [-0.1, -0.05) is 204 Å². The van der Waals surface area contributed by atoms with Gasteiger partial charge in [-0.15, -0.1) is 0 Å². The van der Waals surface area contributed by atoms with Crippen molar-refractivity contribution in [3.05, 3.63) is 44.6 Å². The van der Waals surface area contributed by atoms with Crippen molar-refractivity contribution >= 4 is 92.5 Å². The number of hydrogen-bond donors (Lipinski definition) is 0. The summed E-state index contributed by atoms with van der Waals surface area (Å²) in [5.41, 5.74) is 0.0662. The van der Waals surface area contributed by atoms with Crippen LogP contribution in [0.4, 0.5) is 0 Å². The molecule has 0 radical (unpaired) electrons. The van der Waals surface area contributed by atoms with Gasteiger partial charge in [0.15, 0.2) is 11.5 Å². The second-order valence-corrected chi connectivity index (χ2v) is 20.1. The topological polar surface area (TPSA) is 120 Å². The number of esters is 2. The van der Waals surface area contributed by atoms with Gasteiger partial charge >= 0.3 is 11.9 Å². The van der Waals surface area contributed by atoms with E-state index in [-0.39, 0.29) is 59.2 Å². The van der Waals surface area contributed by atoms with Crippen LogP contribution in [0, 0.1) is 0 Å². The molecule has 0 bridgehead atoms. The maximum absolute atomic E-state index is 13.8. The van der Waals surface area contributed by atoms with E-state index in [0.717, 1.165) is 77.0 Å². The minimum Gasteiger partial charge on any atom is -0.462 e. The predicted molar refractivity (Wildman–Crippen MR) is 270 cm³/mol. The molecule has 2 fully saturated rings. The molecular formula is C50H72N2O8S4. The minimum atomic E-state index is -0.657. The third kappa shape index (κ3) is 17.2. The first-order valence-corrected chi connectivity index (χ1v) is 26.7. The molecule has 2 aliphatic rings. The lowest BCUT2D eigenvalue weighted by Crippen LogP contribution is -2.29. The van der Waals surface area contributed by atoms with Gasteiger partial charge in [-0.25, -0.2) is 9.59 Å². The zero-order valence-electron chi connectivity index (χ0n) is 38.9. The maximum Gasteiger partial charge on any atom is 0.342 e. The molecule has 0 aliphatic carbocycles. The summed E-state index contributed by atoms with van der Waals surface area (Å²) in [5, 5.41) is 0. The van der Waals surface area contributed by atoms with Crippen LogP contribution >= 0.6 is 48.0 Å². The molecule has 2 aromatic heterocycles. The van der Waals surface area contributed by atoms with Crippen molar-refractivity contribution in [2.24, 2.45) is 0 Å². The van der Waals surface area contributed by atoms with Crippen LogP contribution in [0.3, 0.4) is 0 Å². The summed E-state index contributed by atoms with van der Waals surface area (Å²) < 4.78 is 25.1. The van der Waals surface area contributed by atoms with E-state index in [4.69, 9.17) is 42.7 Å². The number of carbonyl (C=O) groups is 4. The molecule has 0 spiro atoms. The fraction of sp³-hybridized carbons (Fsp3) is 0.640. The van der Waals surface area contributed by atoms with Gasteiger partial charge in [0, 0.05) is 25.2 Å². The zero-order valence-corrected chi connectivity index (χ0v) is 42.2. The van der Waals surface area contributed by atoms with Crippen molar-refractivity contribution < 1.29 is 37.5 Å². The summed E-state index contributed by atoms with van der Waals surface area (Å²) >= 11 is 13.7. The van der Waals surface area contributed by atoms with E-state index in [2.05, 4.69) is 27.7 Å². The Hall–Kier alpha value is -3.20.